The third-order valence-corrected chi connectivity index (χ3v) is 5.83. The van der Waals surface area contributed by atoms with Crippen molar-refractivity contribution in [3.63, 3.8) is 0 Å². The lowest BCUT2D eigenvalue weighted by Gasteiger charge is -2.09. The first-order valence-electron chi connectivity index (χ1n) is 10.7. The predicted molar refractivity (Wildman–Crippen MR) is 123 cm³/mol. The van der Waals surface area contributed by atoms with Crippen LogP contribution in [0.1, 0.15) is 37.6 Å². The van der Waals surface area contributed by atoms with Crippen molar-refractivity contribution in [1.82, 2.24) is 34.6 Å². The van der Waals surface area contributed by atoms with Gasteiger partial charge in [0.05, 0.1) is 48.3 Å². The lowest BCUT2D eigenvalue weighted by Crippen LogP contribution is -2.03. The van der Waals surface area contributed by atoms with Gasteiger partial charge in [-0.15, -0.1) is 0 Å². The van der Waals surface area contributed by atoms with Crippen molar-refractivity contribution >= 4 is 5.52 Å². The molecule has 8 heteroatoms. The quantitative estimate of drug-likeness (QED) is 0.412. The van der Waals surface area contributed by atoms with Crippen LogP contribution in [0.5, 0.6) is 5.75 Å². The van der Waals surface area contributed by atoms with Crippen molar-refractivity contribution in [2.45, 2.75) is 32.7 Å². The first kappa shape index (κ1) is 20.0. The van der Waals surface area contributed by atoms with E-state index in [9.17, 15) is 0 Å². The summed E-state index contributed by atoms with van der Waals surface area (Å²) in [5, 5.41) is 16.5. The van der Waals surface area contributed by atoms with Gasteiger partial charge in [-0.05, 0) is 37.1 Å². The molecule has 0 bridgehead atoms. The number of rotatable bonds is 7. The second kappa shape index (κ2) is 8.30. The zero-order chi connectivity index (χ0) is 22.1. The van der Waals surface area contributed by atoms with Crippen molar-refractivity contribution in [2.24, 2.45) is 0 Å². The summed E-state index contributed by atoms with van der Waals surface area (Å²) in [5.41, 5.74) is 6.60. The Balaban J connectivity index is 1.55. The molecule has 4 heterocycles. The van der Waals surface area contributed by atoms with Crippen LogP contribution in [0.15, 0.2) is 61.3 Å². The molecule has 5 rings (SSSR count). The number of aromatic nitrogens is 7. The highest BCUT2D eigenvalue weighted by molar-refractivity contribution is 5.78. The first-order chi connectivity index (χ1) is 15.7. The van der Waals surface area contributed by atoms with Crippen LogP contribution in [0.3, 0.4) is 0 Å². The minimum Gasteiger partial charge on any atom is -0.497 e. The van der Waals surface area contributed by atoms with E-state index in [0.29, 0.717) is 12.5 Å². The van der Waals surface area contributed by atoms with Crippen LogP contribution >= 0.6 is 0 Å². The number of hydrogen-bond acceptors (Lipinski definition) is 5. The lowest BCUT2D eigenvalue weighted by atomic mass is 10.0. The molecule has 5 aromatic rings. The topological polar surface area (TPSA) is 85.9 Å². The zero-order valence-electron chi connectivity index (χ0n) is 18.4. The van der Waals surface area contributed by atoms with Gasteiger partial charge >= 0.3 is 0 Å². The Morgan fingerprint density at radius 1 is 1.09 bits per heavy atom. The Labute approximate surface area is 185 Å². The van der Waals surface area contributed by atoms with Gasteiger partial charge in [0, 0.05) is 36.0 Å². The highest BCUT2D eigenvalue weighted by atomic mass is 16.5. The Bertz CT molecular complexity index is 1350. The predicted octanol–water partition coefficient (Wildman–Crippen LogP) is 4.55. The molecule has 162 valence electrons. The molecule has 1 atom stereocenters. The van der Waals surface area contributed by atoms with Crippen LogP contribution in [-0.2, 0) is 6.42 Å². The third-order valence-electron chi connectivity index (χ3n) is 5.83. The standard InChI is InChI=1S/C24H25N7O/c1-4-16(2)30-14-18(12-27-30)24-23-9-10-26-31(23)15-22(28-24)20-13-25-29-21(20)11-17-5-7-19(32-3)8-6-17/h5-10,12-16H,4,11H2,1-3H3,(H,25,29)/t16-/m1/s1. The molecule has 1 aromatic carbocycles. The summed E-state index contributed by atoms with van der Waals surface area (Å²) in [5.74, 6) is 0.837. The van der Waals surface area contributed by atoms with Gasteiger partial charge in [-0.1, -0.05) is 19.1 Å². The van der Waals surface area contributed by atoms with E-state index in [2.05, 4.69) is 52.6 Å². The summed E-state index contributed by atoms with van der Waals surface area (Å²) in [6.45, 7) is 4.31. The van der Waals surface area contributed by atoms with Gasteiger partial charge in [-0.3, -0.25) is 9.78 Å². The van der Waals surface area contributed by atoms with E-state index < -0.39 is 0 Å². The zero-order valence-corrected chi connectivity index (χ0v) is 18.4. The molecule has 0 spiro atoms. The van der Waals surface area contributed by atoms with Crippen LogP contribution in [-0.4, -0.2) is 41.7 Å². The number of ether oxygens (including phenoxy) is 1. The van der Waals surface area contributed by atoms with E-state index in [0.717, 1.165) is 51.5 Å². The van der Waals surface area contributed by atoms with Gasteiger partial charge in [0.1, 0.15) is 5.75 Å². The highest BCUT2D eigenvalue weighted by Gasteiger charge is 2.17. The number of hydrogen-bond donors (Lipinski definition) is 1. The van der Waals surface area contributed by atoms with E-state index in [1.54, 1.807) is 13.3 Å². The Hall–Kier alpha value is -3.94. The normalized spacial score (nSPS) is 12.3. The summed E-state index contributed by atoms with van der Waals surface area (Å²) in [4.78, 5) is 5.02. The molecule has 0 radical (unpaired) electrons. The minimum absolute atomic E-state index is 0.331. The molecule has 1 N–H and O–H groups in total. The average Bonchev–Trinajstić information content (AvgIpc) is 3.58. The number of methoxy groups -OCH3 is 1. The van der Waals surface area contributed by atoms with Gasteiger partial charge in [-0.2, -0.15) is 15.3 Å². The molecule has 0 saturated heterocycles. The van der Waals surface area contributed by atoms with Crippen molar-refractivity contribution in [3.05, 3.63) is 72.6 Å². The fourth-order valence-electron chi connectivity index (χ4n) is 3.77. The molecule has 0 unspecified atom stereocenters. The molecular weight excluding hydrogens is 402 g/mol. The summed E-state index contributed by atoms with van der Waals surface area (Å²) < 4.78 is 9.11. The van der Waals surface area contributed by atoms with Gasteiger partial charge in [-0.25, -0.2) is 9.50 Å². The number of aromatic amines is 1. The van der Waals surface area contributed by atoms with Crippen LogP contribution in [0.2, 0.25) is 0 Å². The molecule has 32 heavy (non-hydrogen) atoms. The fraction of sp³-hybridized carbons (Fsp3) is 0.250. The fourth-order valence-corrected chi connectivity index (χ4v) is 3.77. The number of H-pyrrole nitrogens is 1. The number of benzene rings is 1. The summed E-state index contributed by atoms with van der Waals surface area (Å²) in [6, 6.07) is 10.3. The smallest absolute Gasteiger partial charge is 0.118 e. The maximum absolute atomic E-state index is 5.26. The Morgan fingerprint density at radius 2 is 1.94 bits per heavy atom. The average molecular weight is 428 g/mol. The first-order valence-corrected chi connectivity index (χ1v) is 10.7. The van der Waals surface area contributed by atoms with Crippen molar-refractivity contribution in [2.75, 3.05) is 7.11 Å². The van der Waals surface area contributed by atoms with E-state index in [1.807, 2.05) is 46.0 Å². The molecule has 0 amide bonds. The molecule has 8 nitrogen and oxygen atoms in total. The summed E-state index contributed by atoms with van der Waals surface area (Å²) >= 11 is 0. The second-order valence-electron chi connectivity index (χ2n) is 7.87. The maximum atomic E-state index is 5.26. The minimum atomic E-state index is 0.331. The second-order valence-corrected chi connectivity index (χ2v) is 7.87. The van der Waals surface area contributed by atoms with Crippen molar-refractivity contribution in [3.8, 4) is 28.3 Å². The lowest BCUT2D eigenvalue weighted by molar-refractivity contribution is 0.414. The molecule has 0 aliphatic rings. The van der Waals surface area contributed by atoms with Gasteiger partial charge < -0.3 is 4.74 Å². The van der Waals surface area contributed by atoms with Crippen LogP contribution in [0.4, 0.5) is 0 Å². The summed E-state index contributed by atoms with van der Waals surface area (Å²) in [7, 11) is 1.67. The largest absolute Gasteiger partial charge is 0.497 e. The van der Waals surface area contributed by atoms with Crippen LogP contribution in [0, 0.1) is 0 Å². The number of nitrogens with one attached hydrogen (secondary N) is 1. The molecule has 0 saturated carbocycles. The molecular formula is C24H25N7O. The van der Waals surface area contributed by atoms with Crippen LogP contribution in [0.25, 0.3) is 28.0 Å². The van der Waals surface area contributed by atoms with E-state index in [4.69, 9.17) is 9.72 Å². The monoisotopic (exact) mass is 427 g/mol. The van der Waals surface area contributed by atoms with Crippen LogP contribution < -0.4 is 4.74 Å². The maximum Gasteiger partial charge on any atom is 0.118 e. The van der Waals surface area contributed by atoms with Gasteiger partial charge in [0.2, 0.25) is 0 Å². The van der Waals surface area contributed by atoms with Gasteiger partial charge in [0.25, 0.3) is 0 Å². The van der Waals surface area contributed by atoms with Crippen molar-refractivity contribution < 1.29 is 4.74 Å². The molecule has 0 fully saturated rings. The van der Waals surface area contributed by atoms with Gasteiger partial charge in [0.15, 0.2) is 0 Å². The van der Waals surface area contributed by atoms with E-state index in [1.165, 1.54) is 0 Å². The number of fused-ring (bicyclic) bond motifs is 1. The number of nitrogens with zero attached hydrogens (tertiary/aromatic N) is 6. The summed E-state index contributed by atoms with van der Waals surface area (Å²) in [6.07, 6.45) is 11.3. The SMILES string of the molecule is CC[C@@H](C)n1cc(-c2nc(-c3c[nH]nc3Cc3ccc(OC)cc3)cn3nccc23)cn1. The highest BCUT2D eigenvalue weighted by Crippen LogP contribution is 2.29. The Morgan fingerprint density at radius 3 is 2.72 bits per heavy atom. The Kier molecular flexibility index (Phi) is 5.18. The third kappa shape index (κ3) is 3.64. The molecule has 0 aliphatic carbocycles. The molecule has 4 aromatic heterocycles. The van der Waals surface area contributed by atoms with E-state index in [-0.39, 0.29) is 0 Å². The van der Waals surface area contributed by atoms with Crippen molar-refractivity contribution in [1.29, 1.82) is 0 Å². The molecule has 0 aliphatic heterocycles. The van der Waals surface area contributed by atoms with E-state index >= 15 is 0 Å².